The zero-order valence-corrected chi connectivity index (χ0v) is 19.1. The zero-order chi connectivity index (χ0) is 23.1. The van der Waals surface area contributed by atoms with Crippen molar-refractivity contribution in [2.75, 3.05) is 37.6 Å². The Morgan fingerprint density at radius 3 is 2.45 bits per heavy atom. The Kier molecular flexibility index (Phi) is 5.82. The van der Waals surface area contributed by atoms with Crippen LogP contribution in [-0.4, -0.2) is 69.7 Å². The lowest BCUT2D eigenvalue weighted by Crippen LogP contribution is -2.61. The first-order chi connectivity index (χ1) is 15.8. The van der Waals surface area contributed by atoms with Gasteiger partial charge in [0, 0.05) is 49.8 Å². The SMILES string of the molecule is CC1(NC(=O)C2(O)CCN(c3nccc(-c4ccc(F)cc4)n3)CC2)CCN2CCC1CC2. The molecule has 4 saturated heterocycles. The molecule has 4 aliphatic rings. The van der Waals surface area contributed by atoms with E-state index in [1.54, 1.807) is 24.4 Å². The third kappa shape index (κ3) is 4.46. The molecule has 0 radical (unpaired) electrons. The largest absolute Gasteiger partial charge is 0.380 e. The zero-order valence-electron chi connectivity index (χ0n) is 19.1. The van der Waals surface area contributed by atoms with Crippen LogP contribution in [0.1, 0.15) is 39.0 Å². The van der Waals surface area contributed by atoms with E-state index in [4.69, 9.17) is 0 Å². The third-order valence-electron chi connectivity index (χ3n) is 7.91. The average molecular weight is 454 g/mol. The second-order valence-electron chi connectivity index (χ2n) is 10.0. The Hall–Kier alpha value is -2.58. The Morgan fingerprint density at radius 2 is 1.76 bits per heavy atom. The summed E-state index contributed by atoms with van der Waals surface area (Å²) in [6.45, 7) is 6.34. The maximum absolute atomic E-state index is 13.2. The van der Waals surface area contributed by atoms with Crippen LogP contribution in [0, 0.1) is 11.7 Å². The summed E-state index contributed by atoms with van der Waals surface area (Å²) in [6, 6.07) is 8.00. The second-order valence-corrected chi connectivity index (χ2v) is 10.0. The molecule has 1 atom stereocenters. The monoisotopic (exact) mass is 453 g/mol. The number of nitrogens with one attached hydrogen (secondary N) is 1. The van der Waals surface area contributed by atoms with Crippen molar-refractivity contribution < 1.29 is 14.3 Å². The summed E-state index contributed by atoms with van der Waals surface area (Å²) < 4.78 is 13.2. The van der Waals surface area contributed by atoms with Crippen LogP contribution in [0.4, 0.5) is 10.3 Å². The molecule has 6 rings (SSSR count). The number of fused-ring (bicyclic) bond motifs is 4. The van der Waals surface area contributed by atoms with E-state index in [-0.39, 0.29) is 17.3 Å². The number of carbonyl (C=O) groups is 1. The van der Waals surface area contributed by atoms with Crippen molar-refractivity contribution in [3.8, 4) is 11.3 Å². The van der Waals surface area contributed by atoms with Crippen molar-refractivity contribution >= 4 is 11.9 Å². The molecule has 5 heterocycles. The van der Waals surface area contributed by atoms with Crippen LogP contribution >= 0.6 is 0 Å². The molecule has 1 amide bonds. The van der Waals surface area contributed by atoms with Crippen molar-refractivity contribution in [3.63, 3.8) is 0 Å². The first kappa shape index (κ1) is 22.2. The predicted molar refractivity (Wildman–Crippen MR) is 124 cm³/mol. The number of aliphatic hydroxyl groups is 1. The minimum atomic E-state index is -1.38. The summed E-state index contributed by atoms with van der Waals surface area (Å²) in [5, 5.41) is 14.5. The fraction of sp³-hybridized carbons (Fsp3) is 0.560. The summed E-state index contributed by atoms with van der Waals surface area (Å²) in [4.78, 5) is 26.7. The van der Waals surface area contributed by atoms with E-state index in [1.807, 2.05) is 4.90 Å². The minimum absolute atomic E-state index is 0.244. The molecule has 4 aliphatic heterocycles. The quantitative estimate of drug-likeness (QED) is 0.741. The molecule has 4 fully saturated rings. The van der Waals surface area contributed by atoms with Crippen LogP contribution in [0.3, 0.4) is 0 Å². The lowest BCUT2D eigenvalue weighted by Gasteiger charge is -2.42. The number of amides is 1. The molecule has 8 heteroatoms. The molecule has 2 N–H and O–H groups in total. The van der Waals surface area contributed by atoms with Crippen LogP contribution in [0.5, 0.6) is 0 Å². The number of halogens is 1. The standard InChI is InChI=1S/C25H32FN5O2/c1-24(9-15-30-13-7-19(24)8-14-30)29-22(32)25(33)10-16-31(17-11-25)23-27-12-6-21(28-23)18-2-4-20(26)5-3-18/h2-6,12,19,33H,7-11,13-17H2,1H3,(H,29,32). The van der Waals surface area contributed by atoms with E-state index in [2.05, 4.69) is 27.1 Å². The fourth-order valence-electron chi connectivity index (χ4n) is 5.51. The molecule has 1 aromatic carbocycles. The Balaban J connectivity index is 1.24. The number of hydrogen-bond donors (Lipinski definition) is 2. The molecule has 1 unspecified atom stereocenters. The van der Waals surface area contributed by atoms with Gasteiger partial charge in [0.05, 0.1) is 5.69 Å². The van der Waals surface area contributed by atoms with E-state index in [9.17, 15) is 14.3 Å². The number of rotatable bonds is 4. The van der Waals surface area contributed by atoms with Crippen molar-refractivity contribution in [1.29, 1.82) is 0 Å². The molecule has 176 valence electrons. The van der Waals surface area contributed by atoms with E-state index >= 15 is 0 Å². The number of benzene rings is 1. The predicted octanol–water partition coefficient (Wildman–Crippen LogP) is 2.60. The number of hydrogen-bond acceptors (Lipinski definition) is 6. The number of nitrogens with zero attached hydrogens (tertiary/aromatic N) is 4. The number of anilines is 1. The molecule has 0 spiro atoms. The lowest BCUT2D eigenvalue weighted by molar-refractivity contribution is -0.144. The smallest absolute Gasteiger partial charge is 0.252 e. The van der Waals surface area contributed by atoms with E-state index in [1.165, 1.54) is 12.1 Å². The van der Waals surface area contributed by atoms with Crippen LogP contribution < -0.4 is 10.2 Å². The van der Waals surface area contributed by atoms with Gasteiger partial charge in [0.25, 0.3) is 5.91 Å². The highest BCUT2D eigenvalue weighted by Crippen LogP contribution is 2.36. The first-order valence-electron chi connectivity index (χ1n) is 12.0. The van der Waals surface area contributed by atoms with E-state index < -0.39 is 5.60 Å². The van der Waals surface area contributed by atoms with Crippen LogP contribution in [0.25, 0.3) is 11.3 Å². The average Bonchev–Trinajstić information content (AvgIpc) is 3.08. The summed E-state index contributed by atoms with van der Waals surface area (Å²) in [5.41, 5.74) is -0.110. The molecule has 2 bridgehead atoms. The van der Waals surface area contributed by atoms with Gasteiger partial charge in [-0.2, -0.15) is 0 Å². The number of carbonyl (C=O) groups excluding carboxylic acids is 1. The highest BCUT2D eigenvalue weighted by molar-refractivity contribution is 5.86. The number of piperidine rings is 2. The topological polar surface area (TPSA) is 81.6 Å². The molecule has 0 aliphatic carbocycles. The number of aromatic nitrogens is 2. The van der Waals surface area contributed by atoms with Crippen molar-refractivity contribution in [2.24, 2.45) is 5.92 Å². The van der Waals surface area contributed by atoms with Gasteiger partial charge in [0.1, 0.15) is 11.4 Å². The van der Waals surface area contributed by atoms with Gasteiger partial charge in [0.15, 0.2) is 0 Å². The summed E-state index contributed by atoms with van der Waals surface area (Å²) in [6.07, 6.45) is 5.48. The maximum Gasteiger partial charge on any atom is 0.252 e. The maximum atomic E-state index is 13.2. The van der Waals surface area contributed by atoms with Crippen LogP contribution in [0.2, 0.25) is 0 Å². The lowest BCUT2D eigenvalue weighted by atomic mass is 9.78. The van der Waals surface area contributed by atoms with Crippen LogP contribution in [0.15, 0.2) is 36.5 Å². The molecular formula is C25H32FN5O2. The van der Waals surface area contributed by atoms with Gasteiger partial charge in [0.2, 0.25) is 5.95 Å². The summed E-state index contributed by atoms with van der Waals surface area (Å²) in [5.74, 6) is 0.489. The molecule has 0 saturated carbocycles. The van der Waals surface area contributed by atoms with Crippen molar-refractivity contribution in [1.82, 2.24) is 20.2 Å². The van der Waals surface area contributed by atoms with Gasteiger partial charge < -0.3 is 20.2 Å². The van der Waals surface area contributed by atoms with Crippen LogP contribution in [-0.2, 0) is 4.79 Å². The van der Waals surface area contributed by atoms with E-state index in [0.717, 1.165) is 44.5 Å². The van der Waals surface area contributed by atoms with E-state index in [0.29, 0.717) is 43.5 Å². The van der Waals surface area contributed by atoms with Gasteiger partial charge in [-0.15, -0.1) is 0 Å². The summed E-state index contributed by atoms with van der Waals surface area (Å²) >= 11 is 0. The highest BCUT2D eigenvalue weighted by Gasteiger charge is 2.46. The van der Waals surface area contributed by atoms with Gasteiger partial charge in [-0.05, 0) is 75.5 Å². The highest BCUT2D eigenvalue weighted by atomic mass is 19.1. The molecular weight excluding hydrogens is 421 g/mol. The van der Waals surface area contributed by atoms with Crippen molar-refractivity contribution in [3.05, 3.63) is 42.3 Å². The van der Waals surface area contributed by atoms with Gasteiger partial charge in [-0.25, -0.2) is 14.4 Å². The molecule has 33 heavy (non-hydrogen) atoms. The minimum Gasteiger partial charge on any atom is -0.380 e. The van der Waals surface area contributed by atoms with Gasteiger partial charge in [-0.1, -0.05) is 0 Å². The Morgan fingerprint density at radius 1 is 1.06 bits per heavy atom. The normalized spacial score (nSPS) is 28.9. The Bertz CT molecular complexity index is 1000. The molecule has 1 aromatic heterocycles. The fourth-order valence-corrected chi connectivity index (χ4v) is 5.51. The van der Waals surface area contributed by atoms with Crippen molar-refractivity contribution in [2.45, 2.75) is 50.2 Å². The molecule has 2 aromatic rings. The second kappa shape index (κ2) is 8.65. The first-order valence-corrected chi connectivity index (χ1v) is 12.0. The van der Waals surface area contributed by atoms with Gasteiger partial charge in [-0.3, -0.25) is 4.79 Å². The molecule has 7 nitrogen and oxygen atoms in total. The van der Waals surface area contributed by atoms with Gasteiger partial charge >= 0.3 is 0 Å². The Labute approximate surface area is 194 Å². The summed E-state index contributed by atoms with van der Waals surface area (Å²) in [7, 11) is 0. The third-order valence-corrected chi connectivity index (χ3v) is 7.91.